The number of hydroxylamine groups is 2. The van der Waals surface area contributed by atoms with Gasteiger partial charge in [-0.3, -0.25) is 9.63 Å². The van der Waals surface area contributed by atoms with Crippen molar-refractivity contribution in [2.24, 2.45) is 5.92 Å². The Morgan fingerprint density at radius 3 is 2.38 bits per heavy atom. The molecule has 0 saturated carbocycles. The first-order valence-corrected chi connectivity index (χ1v) is 11.9. The highest BCUT2D eigenvalue weighted by atomic mass is 32.2. The Bertz CT molecular complexity index is 1100. The molecular formula is C20H21F3N4O4S. The minimum atomic E-state index is -3.45. The summed E-state index contributed by atoms with van der Waals surface area (Å²) in [5.74, 6) is -2.95. The smallest absolute Gasteiger partial charge is 0.252 e. The number of nitrogens with zero attached hydrogens (tertiary/aromatic N) is 4. The monoisotopic (exact) mass is 470 g/mol. The van der Waals surface area contributed by atoms with Crippen LogP contribution in [-0.2, 0) is 19.5 Å². The number of halogens is 3. The van der Waals surface area contributed by atoms with Crippen LogP contribution in [0.25, 0.3) is 0 Å². The van der Waals surface area contributed by atoms with Crippen LogP contribution >= 0.6 is 0 Å². The van der Waals surface area contributed by atoms with Crippen LogP contribution in [0.3, 0.4) is 0 Å². The maximum Gasteiger partial charge on any atom is 0.252 e. The van der Waals surface area contributed by atoms with Gasteiger partial charge in [0.1, 0.15) is 22.7 Å². The lowest BCUT2D eigenvalue weighted by Gasteiger charge is -2.36. The third-order valence-electron chi connectivity index (χ3n) is 5.58. The van der Waals surface area contributed by atoms with Crippen molar-refractivity contribution in [2.45, 2.75) is 30.0 Å². The molecule has 2 saturated heterocycles. The molecule has 172 valence electrons. The molecule has 0 N–H and O–H groups in total. The van der Waals surface area contributed by atoms with E-state index in [1.54, 1.807) is 0 Å². The van der Waals surface area contributed by atoms with E-state index in [1.165, 1.54) is 4.90 Å². The van der Waals surface area contributed by atoms with Gasteiger partial charge >= 0.3 is 0 Å². The zero-order valence-corrected chi connectivity index (χ0v) is 17.9. The number of anilines is 1. The van der Waals surface area contributed by atoms with Crippen molar-refractivity contribution in [1.82, 2.24) is 15.0 Å². The van der Waals surface area contributed by atoms with E-state index in [1.807, 2.05) is 0 Å². The number of sulfone groups is 1. The molecule has 0 bridgehead atoms. The van der Waals surface area contributed by atoms with Gasteiger partial charge in [-0.15, -0.1) is 0 Å². The lowest BCUT2D eigenvalue weighted by atomic mass is 9.93. The normalized spacial score (nSPS) is 24.1. The van der Waals surface area contributed by atoms with Gasteiger partial charge in [0.2, 0.25) is 5.95 Å². The summed E-state index contributed by atoms with van der Waals surface area (Å²) >= 11 is 0. The summed E-state index contributed by atoms with van der Waals surface area (Å²) in [6.07, 6.45) is 2.26. The topological polar surface area (TPSA) is 92.7 Å². The quantitative estimate of drug-likeness (QED) is 0.677. The summed E-state index contributed by atoms with van der Waals surface area (Å²) in [5.41, 5.74) is 0.251. The van der Waals surface area contributed by atoms with Crippen LogP contribution in [-0.4, -0.2) is 61.5 Å². The van der Waals surface area contributed by atoms with Crippen molar-refractivity contribution >= 4 is 21.7 Å². The fourth-order valence-electron chi connectivity index (χ4n) is 3.95. The maximum absolute atomic E-state index is 15.0. The SMILES string of the molecule is CS(=O)(=O)c1cnc(N2CC[C@@H](C(=O)N3OCC[C@@H]3c3cc(F)cc(F)c3)[C@@H](F)C2)nc1. The zero-order chi connectivity index (χ0) is 23.0. The predicted molar refractivity (Wildman–Crippen MR) is 107 cm³/mol. The number of benzene rings is 1. The largest absolute Gasteiger partial charge is 0.338 e. The fraction of sp³-hybridized carbons (Fsp3) is 0.450. The van der Waals surface area contributed by atoms with Crippen LogP contribution in [0.4, 0.5) is 19.1 Å². The highest BCUT2D eigenvalue weighted by Crippen LogP contribution is 2.35. The number of hydrogen-bond acceptors (Lipinski definition) is 7. The second-order valence-electron chi connectivity index (χ2n) is 7.85. The van der Waals surface area contributed by atoms with Gasteiger partial charge in [-0.25, -0.2) is 36.6 Å². The zero-order valence-electron chi connectivity index (χ0n) is 17.1. The average molecular weight is 470 g/mol. The molecule has 3 heterocycles. The Balaban J connectivity index is 1.45. The van der Waals surface area contributed by atoms with Crippen LogP contribution in [0, 0.1) is 17.6 Å². The van der Waals surface area contributed by atoms with Crippen molar-refractivity contribution in [1.29, 1.82) is 0 Å². The fourth-order valence-corrected chi connectivity index (χ4v) is 4.44. The number of rotatable bonds is 4. The van der Waals surface area contributed by atoms with Crippen molar-refractivity contribution in [3.63, 3.8) is 0 Å². The van der Waals surface area contributed by atoms with Crippen LogP contribution in [0.2, 0.25) is 0 Å². The Morgan fingerprint density at radius 1 is 1.12 bits per heavy atom. The molecule has 2 aliphatic rings. The van der Waals surface area contributed by atoms with E-state index in [4.69, 9.17) is 4.84 Å². The minimum Gasteiger partial charge on any atom is -0.338 e. The van der Waals surface area contributed by atoms with E-state index in [9.17, 15) is 26.4 Å². The first-order valence-electron chi connectivity index (χ1n) is 9.96. The average Bonchev–Trinajstić information content (AvgIpc) is 3.22. The first kappa shape index (κ1) is 22.5. The third kappa shape index (κ3) is 4.56. The second-order valence-corrected chi connectivity index (χ2v) is 9.87. The van der Waals surface area contributed by atoms with Gasteiger partial charge in [0, 0.05) is 25.3 Å². The number of carbonyl (C=O) groups is 1. The summed E-state index contributed by atoms with van der Waals surface area (Å²) in [5, 5.41) is 1.03. The maximum atomic E-state index is 15.0. The van der Waals surface area contributed by atoms with E-state index in [-0.39, 0.29) is 42.5 Å². The number of hydrogen-bond donors (Lipinski definition) is 0. The molecular weight excluding hydrogens is 449 g/mol. The van der Waals surface area contributed by atoms with Gasteiger partial charge in [-0.1, -0.05) is 0 Å². The predicted octanol–water partition coefficient (Wildman–Crippen LogP) is 2.23. The molecule has 2 fully saturated rings. The Labute approximate surface area is 182 Å². The lowest BCUT2D eigenvalue weighted by Crippen LogP contribution is -2.49. The molecule has 8 nitrogen and oxygen atoms in total. The Hall–Kier alpha value is -2.73. The number of alkyl halides is 1. The van der Waals surface area contributed by atoms with Gasteiger partial charge in [0.05, 0.1) is 37.5 Å². The standard InChI is InChI=1S/C20H21F3N4O4S/c1-32(29,30)15-9-24-20(25-10-15)26-4-2-16(17(23)11-26)19(28)27-18(3-5-31-27)12-6-13(21)8-14(22)7-12/h6-10,16-18H,2-5,11H2,1H3/t16-,17+,18-/m1/s1. The van der Waals surface area contributed by atoms with Crippen molar-refractivity contribution in [3.05, 3.63) is 47.8 Å². The molecule has 1 amide bonds. The van der Waals surface area contributed by atoms with E-state index in [0.717, 1.165) is 41.9 Å². The van der Waals surface area contributed by atoms with Crippen LogP contribution in [0.5, 0.6) is 0 Å². The molecule has 32 heavy (non-hydrogen) atoms. The molecule has 2 aliphatic heterocycles. The van der Waals surface area contributed by atoms with Gasteiger partial charge < -0.3 is 4.90 Å². The van der Waals surface area contributed by atoms with Gasteiger partial charge in [-0.05, 0) is 24.1 Å². The van der Waals surface area contributed by atoms with E-state index in [2.05, 4.69) is 9.97 Å². The minimum absolute atomic E-state index is 0.0471. The Morgan fingerprint density at radius 2 is 1.78 bits per heavy atom. The molecule has 0 radical (unpaired) electrons. The van der Waals surface area contributed by atoms with E-state index >= 15 is 0 Å². The molecule has 3 atom stereocenters. The van der Waals surface area contributed by atoms with Gasteiger partial charge in [-0.2, -0.15) is 0 Å². The molecule has 0 aliphatic carbocycles. The third-order valence-corrected chi connectivity index (χ3v) is 6.64. The molecule has 0 unspecified atom stereocenters. The number of aromatic nitrogens is 2. The highest BCUT2D eigenvalue weighted by Gasteiger charge is 2.42. The van der Waals surface area contributed by atoms with E-state index in [0.29, 0.717) is 6.42 Å². The van der Waals surface area contributed by atoms with Crippen LogP contribution in [0.15, 0.2) is 35.5 Å². The van der Waals surface area contributed by atoms with Crippen LogP contribution < -0.4 is 4.90 Å². The number of piperidine rings is 1. The number of amides is 1. The van der Waals surface area contributed by atoms with Crippen molar-refractivity contribution in [3.8, 4) is 0 Å². The molecule has 1 aromatic heterocycles. The molecule has 12 heteroatoms. The number of carbonyl (C=O) groups excluding carboxylic acids is 1. The van der Waals surface area contributed by atoms with Crippen molar-refractivity contribution in [2.75, 3.05) is 30.9 Å². The molecule has 2 aromatic rings. The highest BCUT2D eigenvalue weighted by molar-refractivity contribution is 7.90. The lowest BCUT2D eigenvalue weighted by molar-refractivity contribution is -0.184. The summed E-state index contributed by atoms with van der Waals surface area (Å²) < 4.78 is 65.3. The van der Waals surface area contributed by atoms with Crippen LogP contribution in [0.1, 0.15) is 24.4 Å². The molecule has 4 rings (SSSR count). The van der Waals surface area contributed by atoms with Crippen molar-refractivity contribution < 1.29 is 31.2 Å². The molecule has 0 spiro atoms. The van der Waals surface area contributed by atoms with E-state index < -0.39 is 45.5 Å². The van der Waals surface area contributed by atoms with Gasteiger partial charge in [0.15, 0.2) is 9.84 Å². The molecule has 1 aromatic carbocycles. The summed E-state index contributed by atoms with van der Waals surface area (Å²) in [6, 6.07) is 2.30. The second kappa shape index (κ2) is 8.66. The summed E-state index contributed by atoms with van der Waals surface area (Å²) in [6.45, 7) is 0.273. The summed E-state index contributed by atoms with van der Waals surface area (Å²) in [7, 11) is -3.45. The Kier molecular flexibility index (Phi) is 6.08. The first-order chi connectivity index (χ1) is 15.1. The summed E-state index contributed by atoms with van der Waals surface area (Å²) in [4.78, 5) is 27.9. The van der Waals surface area contributed by atoms with Gasteiger partial charge in [0.25, 0.3) is 5.91 Å².